The Kier molecular flexibility index (Phi) is 6.57. The van der Waals surface area contributed by atoms with Crippen LogP contribution < -0.4 is 16.0 Å². The lowest BCUT2D eigenvalue weighted by molar-refractivity contribution is -0.136. The molecule has 0 bridgehead atoms. The number of rotatable bonds is 6. The van der Waals surface area contributed by atoms with Crippen LogP contribution in [0.25, 0.3) is 22.0 Å². The van der Waals surface area contributed by atoms with Crippen molar-refractivity contribution in [2.75, 3.05) is 23.7 Å². The molecule has 5 rings (SSSR count). The van der Waals surface area contributed by atoms with Crippen LogP contribution in [0.5, 0.6) is 0 Å². The summed E-state index contributed by atoms with van der Waals surface area (Å²) in [6.07, 6.45) is 3.12. The highest BCUT2D eigenvalue weighted by molar-refractivity contribution is 6.41. The van der Waals surface area contributed by atoms with Crippen LogP contribution in [-0.2, 0) is 16.0 Å². The maximum Gasteiger partial charge on any atom is 0.313 e. The Bertz CT molecular complexity index is 1450. The number of fused-ring (bicyclic) bond motifs is 4. The van der Waals surface area contributed by atoms with Gasteiger partial charge in [-0.15, -0.1) is 0 Å². The predicted octanol–water partition coefficient (Wildman–Crippen LogP) is 5.67. The first kappa shape index (κ1) is 23.1. The van der Waals surface area contributed by atoms with E-state index in [1.807, 2.05) is 48.5 Å². The molecule has 4 aromatic rings. The summed E-state index contributed by atoms with van der Waals surface area (Å²) in [5.74, 6) is -1.44. The van der Waals surface area contributed by atoms with Crippen molar-refractivity contribution in [2.24, 2.45) is 0 Å². The van der Waals surface area contributed by atoms with E-state index < -0.39 is 11.8 Å². The molecule has 2 amide bonds. The third kappa shape index (κ3) is 4.94. The van der Waals surface area contributed by atoms with Gasteiger partial charge in [-0.25, -0.2) is 0 Å². The standard InChI is InChI=1S/C27H22Cl2N4O2/c28-18-6-7-20-23(8-11-31-24(20)14-18)30-9-3-10-32-26(34)27(35)33-25-13-17-12-16-4-1-2-5-19(16)21(17)15-22(25)29/h1-2,4-8,11,13-15H,3,9-10,12H2,(H,30,31)(H,32,34)(H,33,35). The minimum Gasteiger partial charge on any atom is -0.384 e. The van der Waals surface area contributed by atoms with Gasteiger partial charge in [-0.1, -0.05) is 47.5 Å². The molecule has 0 spiro atoms. The summed E-state index contributed by atoms with van der Waals surface area (Å²) in [6, 6.07) is 19.3. The third-order valence-electron chi connectivity index (χ3n) is 6.00. The second-order valence-corrected chi connectivity index (χ2v) is 9.18. The second kappa shape index (κ2) is 9.94. The number of aromatic nitrogens is 1. The van der Waals surface area contributed by atoms with E-state index in [0.717, 1.165) is 39.7 Å². The van der Waals surface area contributed by atoms with E-state index >= 15 is 0 Å². The quantitative estimate of drug-likeness (QED) is 0.205. The summed E-state index contributed by atoms with van der Waals surface area (Å²) in [6.45, 7) is 0.960. The van der Waals surface area contributed by atoms with Crippen LogP contribution >= 0.6 is 23.2 Å². The lowest BCUT2D eigenvalue weighted by Crippen LogP contribution is -2.36. The van der Waals surface area contributed by atoms with Crippen molar-refractivity contribution in [3.63, 3.8) is 0 Å². The summed E-state index contributed by atoms with van der Waals surface area (Å²) >= 11 is 12.4. The minimum atomic E-state index is -0.743. The van der Waals surface area contributed by atoms with Crippen LogP contribution in [0, 0.1) is 0 Å². The molecule has 8 heteroatoms. The third-order valence-corrected chi connectivity index (χ3v) is 6.54. The number of hydrogen-bond donors (Lipinski definition) is 3. The smallest absolute Gasteiger partial charge is 0.313 e. The van der Waals surface area contributed by atoms with Crippen LogP contribution in [0.4, 0.5) is 11.4 Å². The molecule has 0 saturated carbocycles. The maximum absolute atomic E-state index is 12.4. The average molecular weight is 505 g/mol. The Balaban J connectivity index is 1.12. The van der Waals surface area contributed by atoms with Crippen LogP contribution in [0.3, 0.4) is 0 Å². The maximum atomic E-state index is 12.4. The van der Waals surface area contributed by atoms with Crippen molar-refractivity contribution in [2.45, 2.75) is 12.8 Å². The highest BCUT2D eigenvalue weighted by Crippen LogP contribution is 2.40. The Hall–Kier alpha value is -3.61. The Labute approximate surface area is 212 Å². The average Bonchev–Trinajstić information content (AvgIpc) is 3.21. The van der Waals surface area contributed by atoms with Crippen molar-refractivity contribution in [3.05, 3.63) is 88.0 Å². The van der Waals surface area contributed by atoms with Gasteiger partial charge in [0.1, 0.15) is 0 Å². The molecule has 3 N–H and O–H groups in total. The van der Waals surface area contributed by atoms with Gasteiger partial charge in [0.15, 0.2) is 0 Å². The fourth-order valence-corrected chi connectivity index (χ4v) is 4.68. The Morgan fingerprint density at radius 1 is 0.857 bits per heavy atom. The lowest BCUT2D eigenvalue weighted by atomic mass is 10.1. The van der Waals surface area contributed by atoms with Gasteiger partial charge >= 0.3 is 11.8 Å². The van der Waals surface area contributed by atoms with Crippen LogP contribution in [0.15, 0.2) is 66.9 Å². The number of carbonyl (C=O) groups is 2. The fraction of sp³-hybridized carbons (Fsp3) is 0.148. The molecule has 0 fully saturated rings. The molecule has 0 saturated heterocycles. The molecule has 35 heavy (non-hydrogen) atoms. The SMILES string of the molecule is O=C(NCCCNc1ccnc2cc(Cl)ccc12)C(=O)Nc1cc2c(cc1Cl)-c1ccccc1C2. The molecule has 1 aromatic heterocycles. The predicted molar refractivity (Wildman–Crippen MR) is 141 cm³/mol. The van der Waals surface area contributed by atoms with E-state index in [-0.39, 0.29) is 0 Å². The molecule has 0 aliphatic heterocycles. The van der Waals surface area contributed by atoms with Crippen LogP contribution in [0.2, 0.25) is 10.0 Å². The van der Waals surface area contributed by atoms with Gasteiger partial charge in [-0.3, -0.25) is 14.6 Å². The van der Waals surface area contributed by atoms with E-state index in [4.69, 9.17) is 23.2 Å². The van der Waals surface area contributed by atoms with Crippen molar-refractivity contribution in [1.82, 2.24) is 10.3 Å². The molecule has 0 radical (unpaired) electrons. The number of pyridine rings is 1. The first-order chi connectivity index (χ1) is 17.0. The number of amides is 2. The molecule has 0 atom stereocenters. The van der Waals surface area contributed by atoms with Crippen LogP contribution in [0.1, 0.15) is 17.5 Å². The van der Waals surface area contributed by atoms with Gasteiger partial charge in [0.05, 0.1) is 16.2 Å². The summed E-state index contributed by atoms with van der Waals surface area (Å²) in [5.41, 5.74) is 6.68. The summed E-state index contributed by atoms with van der Waals surface area (Å²) in [4.78, 5) is 29.1. The van der Waals surface area contributed by atoms with E-state index in [9.17, 15) is 9.59 Å². The Morgan fingerprint density at radius 2 is 1.71 bits per heavy atom. The number of nitrogens with zero attached hydrogens (tertiary/aromatic N) is 1. The summed E-state index contributed by atoms with van der Waals surface area (Å²) in [7, 11) is 0. The number of halogens is 2. The highest BCUT2D eigenvalue weighted by Gasteiger charge is 2.21. The first-order valence-electron chi connectivity index (χ1n) is 11.3. The number of carbonyl (C=O) groups excluding carboxylic acids is 2. The van der Waals surface area contributed by atoms with E-state index in [2.05, 4.69) is 33.1 Å². The normalized spacial score (nSPS) is 11.6. The van der Waals surface area contributed by atoms with Gasteiger partial charge < -0.3 is 16.0 Å². The van der Waals surface area contributed by atoms with Gasteiger partial charge in [0, 0.05) is 35.4 Å². The topological polar surface area (TPSA) is 83.1 Å². The summed E-state index contributed by atoms with van der Waals surface area (Å²) < 4.78 is 0. The Morgan fingerprint density at radius 3 is 2.60 bits per heavy atom. The van der Waals surface area contributed by atoms with Crippen molar-refractivity contribution in [3.8, 4) is 11.1 Å². The summed E-state index contributed by atoms with van der Waals surface area (Å²) in [5, 5.41) is 10.6. The van der Waals surface area contributed by atoms with E-state index in [1.54, 1.807) is 6.20 Å². The number of nitrogens with one attached hydrogen (secondary N) is 3. The highest BCUT2D eigenvalue weighted by atomic mass is 35.5. The fourth-order valence-electron chi connectivity index (χ4n) is 4.30. The van der Waals surface area contributed by atoms with Crippen molar-refractivity contribution < 1.29 is 9.59 Å². The van der Waals surface area contributed by atoms with Crippen molar-refractivity contribution >= 4 is 57.3 Å². The lowest BCUT2D eigenvalue weighted by Gasteiger charge is -2.11. The van der Waals surface area contributed by atoms with Gasteiger partial charge in [-0.2, -0.15) is 0 Å². The van der Waals surface area contributed by atoms with Gasteiger partial charge in [0.2, 0.25) is 0 Å². The van der Waals surface area contributed by atoms with Crippen molar-refractivity contribution in [1.29, 1.82) is 0 Å². The van der Waals surface area contributed by atoms with E-state index in [0.29, 0.717) is 35.2 Å². The molecule has 1 aliphatic carbocycles. The first-order valence-corrected chi connectivity index (χ1v) is 12.0. The largest absolute Gasteiger partial charge is 0.384 e. The van der Waals surface area contributed by atoms with E-state index in [1.165, 1.54) is 5.56 Å². The van der Waals surface area contributed by atoms with Gasteiger partial charge in [-0.05, 0) is 71.5 Å². The molecule has 176 valence electrons. The minimum absolute atomic E-state index is 0.349. The zero-order valence-corrected chi connectivity index (χ0v) is 20.2. The second-order valence-electron chi connectivity index (χ2n) is 8.33. The molecule has 1 aliphatic rings. The number of benzene rings is 3. The zero-order valence-electron chi connectivity index (χ0n) is 18.7. The number of hydrogen-bond acceptors (Lipinski definition) is 4. The van der Waals surface area contributed by atoms with Crippen LogP contribution in [-0.4, -0.2) is 29.9 Å². The number of anilines is 2. The molecule has 3 aromatic carbocycles. The zero-order chi connectivity index (χ0) is 24.4. The monoisotopic (exact) mass is 504 g/mol. The van der Waals surface area contributed by atoms with Gasteiger partial charge in [0.25, 0.3) is 0 Å². The molecule has 0 unspecified atom stereocenters. The molecule has 6 nitrogen and oxygen atoms in total. The molecule has 1 heterocycles. The molecular weight excluding hydrogens is 483 g/mol. The molecular formula is C27H22Cl2N4O2.